The quantitative estimate of drug-likeness (QED) is 0.784. The average molecular weight is 346 g/mol. The minimum absolute atomic E-state index is 0.0174. The second-order valence-electron chi connectivity index (χ2n) is 6.68. The van der Waals surface area contributed by atoms with Crippen molar-refractivity contribution in [3.05, 3.63) is 66.1 Å². The van der Waals surface area contributed by atoms with Gasteiger partial charge in [0.15, 0.2) is 0 Å². The second kappa shape index (κ2) is 7.12. The zero-order chi connectivity index (χ0) is 17.9. The SMILES string of the molecule is CNc1cncc([C@H]2CCCN2C(=O)Cc2ccc3ccccc3c2)n1. The zero-order valence-electron chi connectivity index (χ0n) is 14.9. The highest BCUT2D eigenvalue weighted by Gasteiger charge is 2.31. The summed E-state index contributed by atoms with van der Waals surface area (Å²) in [5.74, 6) is 0.885. The summed E-state index contributed by atoms with van der Waals surface area (Å²) in [4.78, 5) is 23.7. The van der Waals surface area contributed by atoms with Crippen LogP contribution in [0.2, 0.25) is 0 Å². The molecule has 1 aliphatic heterocycles. The van der Waals surface area contributed by atoms with Crippen LogP contribution in [0.4, 0.5) is 5.82 Å². The fraction of sp³-hybridized carbons (Fsp3) is 0.286. The van der Waals surface area contributed by atoms with Gasteiger partial charge in [-0.3, -0.25) is 9.78 Å². The fourth-order valence-corrected chi connectivity index (χ4v) is 3.66. The normalized spacial score (nSPS) is 16.8. The molecular formula is C21H22N4O. The van der Waals surface area contributed by atoms with Gasteiger partial charge in [-0.15, -0.1) is 0 Å². The van der Waals surface area contributed by atoms with Gasteiger partial charge < -0.3 is 10.2 Å². The molecule has 3 aromatic rings. The number of benzene rings is 2. The Labute approximate surface area is 153 Å². The Morgan fingerprint density at radius 2 is 2.04 bits per heavy atom. The van der Waals surface area contributed by atoms with Gasteiger partial charge in [-0.25, -0.2) is 4.98 Å². The van der Waals surface area contributed by atoms with Crippen LogP contribution >= 0.6 is 0 Å². The van der Waals surface area contributed by atoms with Gasteiger partial charge in [0, 0.05) is 13.6 Å². The molecule has 0 saturated carbocycles. The lowest BCUT2D eigenvalue weighted by atomic mass is 10.0. The van der Waals surface area contributed by atoms with E-state index < -0.39 is 0 Å². The molecule has 0 spiro atoms. The van der Waals surface area contributed by atoms with Gasteiger partial charge in [0.05, 0.1) is 30.6 Å². The van der Waals surface area contributed by atoms with Crippen molar-refractivity contribution < 1.29 is 4.79 Å². The molecule has 2 aromatic carbocycles. The molecule has 0 bridgehead atoms. The van der Waals surface area contributed by atoms with Crippen LogP contribution in [0.25, 0.3) is 10.8 Å². The molecular weight excluding hydrogens is 324 g/mol. The van der Waals surface area contributed by atoms with E-state index in [1.807, 2.05) is 30.1 Å². The first-order valence-corrected chi connectivity index (χ1v) is 9.01. The molecule has 1 N–H and O–H groups in total. The molecule has 1 aromatic heterocycles. The molecule has 1 atom stereocenters. The number of carbonyl (C=O) groups excluding carboxylic acids is 1. The van der Waals surface area contributed by atoms with Crippen molar-refractivity contribution in [3.8, 4) is 0 Å². The first-order chi connectivity index (χ1) is 12.7. The zero-order valence-corrected chi connectivity index (χ0v) is 14.9. The summed E-state index contributed by atoms with van der Waals surface area (Å²) in [5.41, 5.74) is 1.91. The Morgan fingerprint density at radius 3 is 2.88 bits per heavy atom. The van der Waals surface area contributed by atoms with E-state index in [1.165, 1.54) is 10.8 Å². The number of nitrogens with one attached hydrogen (secondary N) is 1. The van der Waals surface area contributed by atoms with Crippen LogP contribution in [-0.2, 0) is 11.2 Å². The first-order valence-electron chi connectivity index (χ1n) is 9.01. The summed E-state index contributed by atoms with van der Waals surface area (Å²) in [5, 5.41) is 5.38. The van der Waals surface area contributed by atoms with Gasteiger partial charge in [-0.1, -0.05) is 42.5 Å². The van der Waals surface area contributed by atoms with Crippen LogP contribution in [-0.4, -0.2) is 34.4 Å². The second-order valence-corrected chi connectivity index (χ2v) is 6.68. The summed E-state index contributed by atoms with van der Waals surface area (Å²) < 4.78 is 0. The Bertz CT molecular complexity index is 940. The van der Waals surface area contributed by atoms with Crippen molar-refractivity contribution in [2.24, 2.45) is 0 Å². The number of aromatic nitrogens is 2. The van der Waals surface area contributed by atoms with Crippen molar-refractivity contribution in [3.63, 3.8) is 0 Å². The number of likely N-dealkylation sites (tertiary alicyclic amines) is 1. The molecule has 2 heterocycles. The molecule has 0 aliphatic carbocycles. The topological polar surface area (TPSA) is 58.1 Å². The maximum atomic E-state index is 13.0. The van der Waals surface area contributed by atoms with Gasteiger partial charge in [0.1, 0.15) is 5.82 Å². The van der Waals surface area contributed by atoms with Crippen LogP contribution in [0, 0.1) is 0 Å². The summed E-state index contributed by atoms with van der Waals surface area (Å²) in [6.45, 7) is 0.780. The maximum absolute atomic E-state index is 13.0. The van der Waals surface area contributed by atoms with E-state index in [0.29, 0.717) is 6.42 Å². The number of amides is 1. The van der Waals surface area contributed by atoms with Gasteiger partial charge in [-0.05, 0) is 29.2 Å². The summed E-state index contributed by atoms with van der Waals surface area (Å²) in [6, 6.07) is 14.5. The molecule has 1 aliphatic rings. The third kappa shape index (κ3) is 3.25. The maximum Gasteiger partial charge on any atom is 0.227 e. The van der Waals surface area contributed by atoms with Crippen LogP contribution in [0.1, 0.15) is 30.1 Å². The van der Waals surface area contributed by atoms with Crippen molar-refractivity contribution >= 4 is 22.5 Å². The molecule has 0 radical (unpaired) electrons. The minimum Gasteiger partial charge on any atom is -0.372 e. The molecule has 1 amide bonds. The molecule has 0 unspecified atom stereocenters. The highest BCUT2D eigenvalue weighted by Crippen LogP contribution is 2.31. The van der Waals surface area contributed by atoms with Gasteiger partial charge in [-0.2, -0.15) is 0 Å². The number of nitrogens with zero attached hydrogens (tertiary/aromatic N) is 3. The molecule has 1 saturated heterocycles. The molecule has 132 valence electrons. The highest BCUT2D eigenvalue weighted by atomic mass is 16.2. The molecule has 5 nitrogen and oxygen atoms in total. The van der Waals surface area contributed by atoms with E-state index >= 15 is 0 Å². The summed E-state index contributed by atoms with van der Waals surface area (Å²) in [6.07, 6.45) is 5.82. The summed E-state index contributed by atoms with van der Waals surface area (Å²) >= 11 is 0. The highest BCUT2D eigenvalue weighted by molar-refractivity contribution is 5.85. The van der Waals surface area contributed by atoms with E-state index in [0.717, 1.165) is 36.5 Å². The Hall–Kier alpha value is -2.95. The lowest BCUT2D eigenvalue weighted by Gasteiger charge is -2.24. The molecule has 1 fully saturated rings. The summed E-state index contributed by atoms with van der Waals surface area (Å²) in [7, 11) is 1.82. The number of rotatable bonds is 4. The van der Waals surface area contributed by atoms with E-state index in [4.69, 9.17) is 0 Å². The van der Waals surface area contributed by atoms with Crippen molar-refractivity contribution in [1.29, 1.82) is 0 Å². The predicted octanol–water partition coefficient (Wildman–Crippen LogP) is 3.58. The molecule has 26 heavy (non-hydrogen) atoms. The number of hydrogen-bond acceptors (Lipinski definition) is 4. The van der Waals surface area contributed by atoms with Crippen LogP contribution < -0.4 is 5.32 Å². The van der Waals surface area contributed by atoms with Crippen LogP contribution in [0.3, 0.4) is 0 Å². The standard InChI is InChI=1S/C21H22N4O/c1-22-20-14-23-13-18(24-20)19-7-4-10-25(19)21(26)12-15-8-9-16-5-2-3-6-17(16)11-15/h2-3,5-6,8-9,11,13-14,19H,4,7,10,12H2,1H3,(H,22,24)/t19-/m1/s1. The van der Waals surface area contributed by atoms with Gasteiger partial charge >= 0.3 is 0 Å². The molecule has 4 rings (SSSR count). The predicted molar refractivity (Wildman–Crippen MR) is 103 cm³/mol. The number of fused-ring (bicyclic) bond motifs is 1. The number of anilines is 1. The monoisotopic (exact) mass is 346 g/mol. The van der Waals surface area contributed by atoms with Crippen LogP contribution in [0.5, 0.6) is 0 Å². The third-order valence-corrected chi connectivity index (χ3v) is 4.99. The first kappa shape index (κ1) is 16.5. The Morgan fingerprint density at radius 1 is 1.19 bits per heavy atom. The Kier molecular flexibility index (Phi) is 4.52. The van der Waals surface area contributed by atoms with Gasteiger partial charge in [0.2, 0.25) is 5.91 Å². The van der Waals surface area contributed by atoms with Crippen molar-refractivity contribution in [2.45, 2.75) is 25.3 Å². The smallest absolute Gasteiger partial charge is 0.227 e. The fourth-order valence-electron chi connectivity index (χ4n) is 3.66. The van der Waals surface area contributed by atoms with Crippen molar-refractivity contribution in [1.82, 2.24) is 14.9 Å². The van der Waals surface area contributed by atoms with E-state index in [-0.39, 0.29) is 11.9 Å². The number of hydrogen-bond donors (Lipinski definition) is 1. The van der Waals surface area contributed by atoms with Crippen molar-refractivity contribution in [2.75, 3.05) is 18.9 Å². The van der Waals surface area contributed by atoms with E-state index in [1.54, 1.807) is 12.4 Å². The van der Waals surface area contributed by atoms with Crippen LogP contribution in [0.15, 0.2) is 54.9 Å². The number of carbonyl (C=O) groups is 1. The van der Waals surface area contributed by atoms with Gasteiger partial charge in [0.25, 0.3) is 0 Å². The van der Waals surface area contributed by atoms with E-state index in [9.17, 15) is 4.79 Å². The Balaban J connectivity index is 1.54. The average Bonchev–Trinajstić information content (AvgIpc) is 3.18. The lowest BCUT2D eigenvalue weighted by Crippen LogP contribution is -2.32. The lowest BCUT2D eigenvalue weighted by molar-refractivity contribution is -0.131. The van der Waals surface area contributed by atoms with E-state index in [2.05, 4.69) is 39.6 Å². The minimum atomic E-state index is 0.0174. The third-order valence-electron chi connectivity index (χ3n) is 4.99. The largest absolute Gasteiger partial charge is 0.372 e. The molecule has 5 heteroatoms.